The third-order valence-electron chi connectivity index (χ3n) is 2.42. The van der Waals surface area contributed by atoms with Crippen molar-refractivity contribution in [1.82, 2.24) is 10.2 Å². The molecular formula is C10H18N2O. The predicted octanol–water partition coefficient (Wildman–Crippen LogP) is 2.58. The number of rotatable bonds is 4. The Kier molecular flexibility index (Phi) is 3.34. The lowest BCUT2D eigenvalue weighted by atomic mass is 10.0. The van der Waals surface area contributed by atoms with Crippen molar-refractivity contribution in [2.24, 2.45) is 0 Å². The zero-order chi connectivity index (χ0) is 9.84. The molecule has 0 aliphatic rings. The summed E-state index contributed by atoms with van der Waals surface area (Å²) in [5.41, 5.74) is 1.68. The van der Waals surface area contributed by atoms with Crippen LogP contribution in [0, 0.1) is 0 Å². The summed E-state index contributed by atoms with van der Waals surface area (Å²) in [5.74, 6) is 0.707. The normalized spacial score (nSPS) is 13.2. The average Bonchev–Trinajstić information content (AvgIpc) is 2.48. The molecule has 0 fully saturated rings. The van der Waals surface area contributed by atoms with Gasteiger partial charge in [0.1, 0.15) is 5.69 Å². The molecule has 0 saturated heterocycles. The van der Waals surface area contributed by atoms with Crippen LogP contribution in [-0.4, -0.2) is 15.3 Å². The molecule has 1 aromatic rings. The van der Waals surface area contributed by atoms with E-state index in [9.17, 15) is 5.11 Å². The van der Waals surface area contributed by atoms with Crippen LogP contribution in [0.15, 0.2) is 0 Å². The molecule has 0 radical (unpaired) electrons. The monoisotopic (exact) mass is 182 g/mol. The van der Waals surface area contributed by atoms with Crippen molar-refractivity contribution >= 4 is 0 Å². The van der Waals surface area contributed by atoms with Gasteiger partial charge in [0.15, 0.2) is 5.75 Å². The summed E-state index contributed by atoms with van der Waals surface area (Å²) in [6.07, 6.45) is 2.90. The van der Waals surface area contributed by atoms with Crippen LogP contribution >= 0.6 is 0 Å². The second-order valence-corrected chi connectivity index (χ2v) is 3.50. The molecule has 3 heteroatoms. The zero-order valence-electron chi connectivity index (χ0n) is 8.59. The topological polar surface area (TPSA) is 48.9 Å². The Labute approximate surface area is 79.2 Å². The van der Waals surface area contributed by atoms with Crippen LogP contribution in [0.25, 0.3) is 0 Å². The maximum absolute atomic E-state index is 9.77. The van der Waals surface area contributed by atoms with Gasteiger partial charge in [-0.05, 0) is 12.8 Å². The molecule has 1 aromatic heterocycles. The second kappa shape index (κ2) is 4.30. The minimum atomic E-state index is 0.335. The van der Waals surface area contributed by atoms with Gasteiger partial charge >= 0.3 is 0 Å². The van der Waals surface area contributed by atoms with E-state index in [0.717, 1.165) is 30.7 Å². The molecule has 1 unspecified atom stereocenters. The largest absolute Gasteiger partial charge is 0.504 e. The number of hydrogen-bond acceptors (Lipinski definition) is 2. The first-order valence-corrected chi connectivity index (χ1v) is 4.96. The summed E-state index contributed by atoms with van der Waals surface area (Å²) >= 11 is 0. The molecule has 0 aliphatic carbocycles. The maximum atomic E-state index is 9.77. The average molecular weight is 182 g/mol. The van der Waals surface area contributed by atoms with Crippen molar-refractivity contribution in [3.63, 3.8) is 0 Å². The summed E-state index contributed by atoms with van der Waals surface area (Å²) < 4.78 is 0. The number of aromatic hydroxyl groups is 1. The Morgan fingerprint density at radius 3 is 2.69 bits per heavy atom. The smallest absolute Gasteiger partial charge is 0.160 e. The number of aromatic amines is 1. The van der Waals surface area contributed by atoms with Crippen molar-refractivity contribution in [3.8, 4) is 5.75 Å². The van der Waals surface area contributed by atoms with E-state index in [2.05, 4.69) is 31.0 Å². The molecule has 0 bridgehead atoms. The van der Waals surface area contributed by atoms with Crippen molar-refractivity contribution in [3.05, 3.63) is 11.4 Å². The Hall–Kier alpha value is -0.990. The third-order valence-corrected chi connectivity index (χ3v) is 2.42. The van der Waals surface area contributed by atoms with Gasteiger partial charge in [-0.3, -0.25) is 5.10 Å². The number of H-pyrrole nitrogens is 1. The molecule has 1 heterocycles. The molecular weight excluding hydrogens is 164 g/mol. The van der Waals surface area contributed by atoms with Crippen LogP contribution in [0.2, 0.25) is 0 Å². The van der Waals surface area contributed by atoms with Crippen molar-refractivity contribution in [2.75, 3.05) is 0 Å². The van der Waals surface area contributed by atoms with E-state index in [0.29, 0.717) is 11.7 Å². The molecule has 1 rings (SSSR count). The summed E-state index contributed by atoms with van der Waals surface area (Å²) in [4.78, 5) is 0. The van der Waals surface area contributed by atoms with E-state index in [-0.39, 0.29) is 0 Å². The van der Waals surface area contributed by atoms with Crippen molar-refractivity contribution in [2.45, 2.75) is 46.0 Å². The molecule has 0 saturated carbocycles. The van der Waals surface area contributed by atoms with E-state index in [1.807, 2.05) is 0 Å². The second-order valence-electron chi connectivity index (χ2n) is 3.50. The number of aromatic nitrogens is 2. The highest BCUT2D eigenvalue weighted by molar-refractivity contribution is 5.33. The van der Waals surface area contributed by atoms with Gasteiger partial charge in [-0.1, -0.05) is 27.2 Å². The fraction of sp³-hybridized carbons (Fsp3) is 0.700. The fourth-order valence-corrected chi connectivity index (χ4v) is 1.35. The lowest BCUT2D eigenvalue weighted by Gasteiger charge is -2.04. The standard InChI is InChI=1S/C10H18N2O/c1-4-6-8-10(13)9(12-11-8)7(3)5-2/h7,13H,4-6H2,1-3H3,(H,11,12). The predicted molar refractivity (Wildman–Crippen MR) is 53.0 cm³/mol. The fourth-order valence-electron chi connectivity index (χ4n) is 1.35. The number of nitrogens with zero attached hydrogens (tertiary/aromatic N) is 1. The van der Waals surface area contributed by atoms with Crippen LogP contribution < -0.4 is 0 Å². The highest BCUT2D eigenvalue weighted by Crippen LogP contribution is 2.28. The molecule has 2 N–H and O–H groups in total. The Morgan fingerprint density at radius 2 is 2.15 bits per heavy atom. The van der Waals surface area contributed by atoms with E-state index >= 15 is 0 Å². The summed E-state index contributed by atoms with van der Waals surface area (Å²) in [7, 11) is 0. The molecule has 13 heavy (non-hydrogen) atoms. The Morgan fingerprint density at radius 1 is 1.46 bits per heavy atom. The Bertz CT molecular complexity index is 268. The van der Waals surface area contributed by atoms with Crippen LogP contribution in [0.1, 0.15) is 50.9 Å². The highest BCUT2D eigenvalue weighted by atomic mass is 16.3. The van der Waals surface area contributed by atoms with E-state index in [1.54, 1.807) is 0 Å². The lowest BCUT2D eigenvalue weighted by molar-refractivity contribution is 0.455. The van der Waals surface area contributed by atoms with Gasteiger partial charge < -0.3 is 5.11 Å². The van der Waals surface area contributed by atoms with Crippen LogP contribution in [0.3, 0.4) is 0 Å². The summed E-state index contributed by atoms with van der Waals surface area (Å²) in [6.45, 7) is 6.26. The first-order chi connectivity index (χ1) is 6.20. The minimum absolute atomic E-state index is 0.335. The quantitative estimate of drug-likeness (QED) is 0.751. The molecule has 3 nitrogen and oxygen atoms in total. The van der Waals surface area contributed by atoms with Gasteiger partial charge in [-0.2, -0.15) is 5.10 Å². The van der Waals surface area contributed by atoms with Crippen LogP contribution in [0.5, 0.6) is 5.75 Å². The lowest BCUT2D eigenvalue weighted by Crippen LogP contribution is -1.91. The molecule has 0 spiro atoms. The molecule has 0 aliphatic heterocycles. The molecule has 0 aromatic carbocycles. The SMILES string of the molecule is CCCc1[nH]nc(C(C)CC)c1O. The molecule has 1 atom stereocenters. The van der Waals surface area contributed by atoms with Crippen molar-refractivity contribution in [1.29, 1.82) is 0 Å². The summed E-state index contributed by atoms with van der Waals surface area (Å²) in [6, 6.07) is 0. The third kappa shape index (κ3) is 2.02. The van der Waals surface area contributed by atoms with Gasteiger partial charge in [0.25, 0.3) is 0 Å². The van der Waals surface area contributed by atoms with Gasteiger partial charge in [-0.25, -0.2) is 0 Å². The van der Waals surface area contributed by atoms with Crippen molar-refractivity contribution < 1.29 is 5.11 Å². The molecule has 0 amide bonds. The number of hydrogen-bond donors (Lipinski definition) is 2. The highest BCUT2D eigenvalue weighted by Gasteiger charge is 2.15. The number of nitrogens with one attached hydrogen (secondary N) is 1. The van der Waals surface area contributed by atoms with Gasteiger partial charge in [0.2, 0.25) is 0 Å². The van der Waals surface area contributed by atoms with E-state index in [1.165, 1.54) is 0 Å². The minimum Gasteiger partial charge on any atom is -0.504 e. The van der Waals surface area contributed by atoms with Crippen LogP contribution in [0.4, 0.5) is 0 Å². The van der Waals surface area contributed by atoms with Gasteiger partial charge in [-0.15, -0.1) is 0 Å². The maximum Gasteiger partial charge on any atom is 0.160 e. The number of aryl methyl sites for hydroxylation is 1. The van der Waals surface area contributed by atoms with E-state index < -0.39 is 0 Å². The van der Waals surface area contributed by atoms with Crippen LogP contribution in [-0.2, 0) is 6.42 Å². The molecule has 74 valence electrons. The van der Waals surface area contributed by atoms with E-state index in [4.69, 9.17) is 0 Å². The first-order valence-electron chi connectivity index (χ1n) is 4.96. The first kappa shape index (κ1) is 10.1. The summed E-state index contributed by atoms with van der Waals surface area (Å²) in [5, 5.41) is 16.8. The van der Waals surface area contributed by atoms with Gasteiger partial charge in [0, 0.05) is 5.92 Å². The Balaban J connectivity index is 2.85. The zero-order valence-corrected chi connectivity index (χ0v) is 8.59. The van der Waals surface area contributed by atoms with Gasteiger partial charge in [0.05, 0.1) is 5.69 Å².